The van der Waals surface area contributed by atoms with Gasteiger partial charge in [0.15, 0.2) is 0 Å². The van der Waals surface area contributed by atoms with Crippen molar-refractivity contribution in [3.05, 3.63) is 12.2 Å². The van der Waals surface area contributed by atoms with Gasteiger partial charge in [0.1, 0.15) is 0 Å². The van der Waals surface area contributed by atoms with Crippen LogP contribution in [0.4, 0.5) is 0 Å². The fraction of sp³-hybridized carbons (Fsp3) is 0.800. The van der Waals surface area contributed by atoms with E-state index in [4.69, 9.17) is 4.55 Å². The predicted molar refractivity (Wildman–Crippen MR) is 64.7 cm³/mol. The Kier molecular flexibility index (Phi) is 10.1. The Hall–Kier alpha value is -0.390. The fourth-order valence-electron chi connectivity index (χ4n) is 0.982. The van der Waals surface area contributed by atoms with Gasteiger partial charge in [0.05, 0.1) is 5.75 Å². The molecule has 0 aliphatic heterocycles. The number of nitrogens with zero attached hydrogens (tertiary/aromatic N) is 1. The zero-order valence-electron chi connectivity index (χ0n) is 10.2. The van der Waals surface area contributed by atoms with Crippen molar-refractivity contribution in [2.24, 2.45) is 0 Å². The zero-order valence-corrected chi connectivity index (χ0v) is 11.0. The van der Waals surface area contributed by atoms with Gasteiger partial charge in [0.25, 0.3) is 10.1 Å². The minimum atomic E-state index is -3.82. The molecule has 0 radical (unpaired) electrons. The SMILES string of the molecule is C=C(C)CS(=O)(=O)O.CCN(CC)CC. The molecule has 0 amide bonds. The Balaban J connectivity index is 0. The van der Waals surface area contributed by atoms with Crippen LogP contribution in [0.5, 0.6) is 0 Å². The third-order valence-corrected chi connectivity index (χ3v) is 2.63. The Labute approximate surface area is 93.7 Å². The molecule has 0 saturated carbocycles. The minimum Gasteiger partial charge on any atom is -0.304 e. The number of hydrogen-bond donors (Lipinski definition) is 1. The van der Waals surface area contributed by atoms with Gasteiger partial charge in [-0.2, -0.15) is 8.42 Å². The molecule has 0 heterocycles. The maximum Gasteiger partial charge on any atom is 0.268 e. The average molecular weight is 237 g/mol. The van der Waals surface area contributed by atoms with Crippen LogP contribution < -0.4 is 0 Å². The number of rotatable bonds is 5. The molecule has 0 spiro atoms. The molecular formula is C10H23NO3S. The van der Waals surface area contributed by atoms with E-state index < -0.39 is 10.1 Å². The van der Waals surface area contributed by atoms with Crippen molar-refractivity contribution in [1.29, 1.82) is 0 Å². The first kappa shape index (κ1) is 17.0. The maximum atomic E-state index is 9.94. The minimum absolute atomic E-state index is 0.340. The summed E-state index contributed by atoms with van der Waals surface area (Å²) in [4.78, 5) is 2.38. The van der Waals surface area contributed by atoms with E-state index in [1.54, 1.807) is 0 Å². The Morgan fingerprint density at radius 2 is 1.53 bits per heavy atom. The van der Waals surface area contributed by atoms with Crippen LogP contribution in [0.2, 0.25) is 0 Å². The Bertz CT molecular complexity index is 250. The summed E-state index contributed by atoms with van der Waals surface area (Å²) in [6.45, 7) is 15.0. The van der Waals surface area contributed by atoms with E-state index in [1.807, 2.05) is 0 Å². The average Bonchev–Trinajstić information content (AvgIpc) is 2.03. The monoisotopic (exact) mass is 237 g/mol. The third kappa shape index (κ3) is 16.3. The molecule has 0 rings (SSSR count). The topological polar surface area (TPSA) is 57.6 Å². The molecule has 0 atom stereocenters. The van der Waals surface area contributed by atoms with Crippen molar-refractivity contribution in [3.8, 4) is 0 Å². The normalized spacial score (nSPS) is 10.8. The van der Waals surface area contributed by atoms with Crippen molar-refractivity contribution in [2.75, 3.05) is 25.4 Å². The molecule has 0 bridgehead atoms. The summed E-state index contributed by atoms with van der Waals surface area (Å²) < 4.78 is 28.0. The van der Waals surface area contributed by atoms with Crippen LogP contribution >= 0.6 is 0 Å². The van der Waals surface area contributed by atoms with Gasteiger partial charge in [-0.15, -0.1) is 0 Å². The smallest absolute Gasteiger partial charge is 0.268 e. The van der Waals surface area contributed by atoms with Gasteiger partial charge in [-0.05, 0) is 26.6 Å². The molecule has 0 saturated heterocycles. The molecule has 4 nitrogen and oxygen atoms in total. The van der Waals surface area contributed by atoms with Crippen LogP contribution in [0.3, 0.4) is 0 Å². The van der Waals surface area contributed by atoms with Crippen LogP contribution in [0.15, 0.2) is 12.2 Å². The molecule has 0 aliphatic carbocycles. The fourth-order valence-corrected chi connectivity index (χ4v) is 1.60. The van der Waals surface area contributed by atoms with Crippen molar-refractivity contribution < 1.29 is 13.0 Å². The predicted octanol–water partition coefficient (Wildman–Crippen LogP) is 1.80. The largest absolute Gasteiger partial charge is 0.304 e. The molecule has 0 unspecified atom stereocenters. The van der Waals surface area contributed by atoms with Gasteiger partial charge in [-0.1, -0.05) is 32.9 Å². The zero-order chi connectivity index (χ0) is 12.5. The highest BCUT2D eigenvalue weighted by Gasteiger charge is 2.01. The molecule has 1 N–H and O–H groups in total. The van der Waals surface area contributed by atoms with Crippen LogP contribution in [0, 0.1) is 0 Å². The van der Waals surface area contributed by atoms with Crippen LogP contribution in [0.25, 0.3) is 0 Å². The third-order valence-electron chi connectivity index (χ3n) is 1.77. The lowest BCUT2D eigenvalue weighted by atomic mass is 10.4. The summed E-state index contributed by atoms with van der Waals surface area (Å²) in [5.74, 6) is -0.340. The lowest BCUT2D eigenvalue weighted by Gasteiger charge is -2.13. The first-order valence-corrected chi connectivity index (χ1v) is 6.69. The van der Waals surface area contributed by atoms with Gasteiger partial charge in [0.2, 0.25) is 0 Å². The summed E-state index contributed by atoms with van der Waals surface area (Å²) in [6.07, 6.45) is 0. The second-order valence-electron chi connectivity index (χ2n) is 3.30. The van der Waals surface area contributed by atoms with Crippen LogP contribution in [-0.2, 0) is 10.1 Å². The Morgan fingerprint density at radius 3 is 1.53 bits per heavy atom. The summed E-state index contributed by atoms with van der Waals surface area (Å²) in [7, 11) is -3.82. The summed E-state index contributed by atoms with van der Waals surface area (Å²) >= 11 is 0. The van der Waals surface area contributed by atoms with Gasteiger partial charge >= 0.3 is 0 Å². The van der Waals surface area contributed by atoms with Crippen molar-refractivity contribution in [1.82, 2.24) is 4.90 Å². The van der Waals surface area contributed by atoms with Gasteiger partial charge < -0.3 is 4.90 Å². The van der Waals surface area contributed by atoms with E-state index in [0.29, 0.717) is 5.57 Å². The first-order chi connectivity index (χ1) is 6.76. The molecule has 0 aromatic carbocycles. The molecule has 0 aromatic heterocycles. The molecule has 0 fully saturated rings. The lowest BCUT2D eigenvalue weighted by molar-refractivity contribution is 0.321. The van der Waals surface area contributed by atoms with E-state index in [2.05, 4.69) is 32.3 Å². The van der Waals surface area contributed by atoms with E-state index in [1.165, 1.54) is 26.6 Å². The second-order valence-corrected chi connectivity index (χ2v) is 4.76. The van der Waals surface area contributed by atoms with E-state index in [0.717, 1.165) is 0 Å². The van der Waals surface area contributed by atoms with Gasteiger partial charge in [-0.3, -0.25) is 4.55 Å². The van der Waals surface area contributed by atoms with Crippen molar-refractivity contribution in [3.63, 3.8) is 0 Å². The first-order valence-electron chi connectivity index (χ1n) is 5.08. The van der Waals surface area contributed by atoms with Crippen LogP contribution in [0.1, 0.15) is 27.7 Å². The Morgan fingerprint density at radius 1 is 1.20 bits per heavy atom. The molecule has 92 valence electrons. The van der Waals surface area contributed by atoms with Gasteiger partial charge in [0, 0.05) is 0 Å². The summed E-state index contributed by atoms with van der Waals surface area (Å²) in [5.41, 5.74) is 0.438. The number of hydrogen-bond acceptors (Lipinski definition) is 3. The highest BCUT2D eigenvalue weighted by Crippen LogP contribution is 1.91. The van der Waals surface area contributed by atoms with Crippen molar-refractivity contribution in [2.45, 2.75) is 27.7 Å². The van der Waals surface area contributed by atoms with Crippen LogP contribution in [-0.4, -0.2) is 43.3 Å². The molecular weight excluding hydrogens is 214 g/mol. The highest BCUT2D eigenvalue weighted by atomic mass is 32.2. The molecule has 5 heteroatoms. The summed E-state index contributed by atoms with van der Waals surface area (Å²) in [5, 5.41) is 0. The molecule has 0 aromatic rings. The molecule has 15 heavy (non-hydrogen) atoms. The highest BCUT2D eigenvalue weighted by molar-refractivity contribution is 7.85. The van der Waals surface area contributed by atoms with E-state index in [-0.39, 0.29) is 5.75 Å². The lowest BCUT2D eigenvalue weighted by Crippen LogP contribution is -2.21. The summed E-state index contributed by atoms with van der Waals surface area (Å²) in [6, 6.07) is 0. The standard InChI is InChI=1S/C6H15N.C4H8O3S/c1-4-7(5-2)6-3;1-4(2)3-8(5,6)7/h4-6H2,1-3H3;1,3H2,2H3,(H,5,6,7). The van der Waals surface area contributed by atoms with E-state index >= 15 is 0 Å². The quantitative estimate of drug-likeness (QED) is 0.585. The van der Waals surface area contributed by atoms with Gasteiger partial charge in [-0.25, -0.2) is 0 Å². The molecule has 0 aliphatic rings. The maximum absolute atomic E-state index is 9.94. The van der Waals surface area contributed by atoms with Crippen molar-refractivity contribution >= 4 is 10.1 Å². The second kappa shape index (κ2) is 8.88. The van der Waals surface area contributed by atoms with E-state index in [9.17, 15) is 8.42 Å².